The lowest BCUT2D eigenvalue weighted by Crippen LogP contribution is -2.14. The Morgan fingerprint density at radius 2 is 2.27 bits per heavy atom. The fraction of sp³-hybridized carbons (Fsp3) is 0.125. The van der Waals surface area contributed by atoms with Gasteiger partial charge in [-0.2, -0.15) is 0 Å². The maximum atomic E-state index is 11.2. The Morgan fingerprint density at radius 3 is 3.00 bits per heavy atom. The van der Waals surface area contributed by atoms with Crippen LogP contribution in [0, 0.1) is 3.57 Å². The van der Waals surface area contributed by atoms with Crippen molar-refractivity contribution in [2.45, 2.75) is 6.54 Å². The van der Waals surface area contributed by atoms with E-state index in [1.165, 1.54) is 6.33 Å². The number of rotatable bonds is 3. The topological polar surface area (TPSA) is 86.5 Å². The largest absolute Gasteiger partial charge is 0.362 e. The normalized spacial score (nSPS) is 10.2. The molecule has 2 rings (SSSR count). The van der Waals surface area contributed by atoms with E-state index in [1.807, 2.05) is 22.6 Å². The van der Waals surface area contributed by atoms with Crippen LogP contribution < -0.4 is 10.9 Å². The number of hydrogen-bond donors (Lipinski definition) is 3. The van der Waals surface area contributed by atoms with E-state index >= 15 is 0 Å². The molecule has 0 aliphatic rings. The number of hydrogen-bond acceptors (Lipinski definition) is 4. The Kier molecular flexibility index (Phi) is 2.99. The van der Waals surface area contributed by atoms with E-state index in [-0.39, 0.29) is 5.56 Å². The van der Waals surface area contributed by atoms with Gasteiger partial charge in [-0.15, -0.1) is 0 Å². The molecular weight excluding hydrogens is 309 g/mol. The molecule has 0 saturated heterocycles. The summed E-state index contributed by atoms with van der Waals surface area (Å²) in [4.78, 5) is 24.8. The van der Waals surface area contributed by atoms with Crippen molar-refractivity contribution in [1.82, 2.24) is 19.9 Å². The van der Waals surface area contributed by atoms with Crippen LogP contribution in [0.3, 0.4) is 0 Å². The maximum absolute atomic E-state index is 11.2. The zero-order valence-corrected chi connectivity index (χ0v) is 9.78. The third-order valence-electron chi connectivity index (χ3n) is 1.77. The predicted molar refractivity (Wildman–Crippen MR) is 63.5 cm³/mol. The molecular formula is C8H8IN5O. The highest BCUT2D eigenvalue weighted by Crippen LogP contribution is 2.09. The minimum atomic E-state index is -0.146. The second kappa shape index (κ2) is 4.43. The Bertz CT molecular complexity index is 492. The van der Waals surface area contributed by atoms with Crippen LogP contribution in [0.25, 0.3) is 0 Å². The maximum Gasteiger partial charge on any atom is 0.266 e. The van der Waals surface area contributed by atoms with Gasteiger partial charge in [0.25, 0.3) is 5.56 Å². The second-order valence-electron chi connectivity index (χ2n) is 2.78. The SMILES string of the molecule is O=c1[nH]cnc(NCc2ncc[nH]2)c1I. The van der Waals surface area contributed by atoms with Crippen molar-refractivity contribution in [2.24, 2.45) is 0 Å². The van der Waals surface area contributed by atoms with Gasteiger partial charge in [0.15, 0.2) is 0 Å². The van der Waals surface area contributed by atoms with Gasteiger partial charge in [0.2, 0.25) is 0 Å². The van der Waals surface area contributed by atoms with Crippen LogP contribution in [0.15, 0.2) is 23.5 Å². The van der Waals surface area contributed by atoms with Gasteiger partial charge in [0, 0.05) is 12.4 Å². The van der Waals surface area contributed by atoms with Crippen molar-refractivity contribution in [3.05, 3.63) is 38.5 Å². The Hall–Kier alpha value is -1.38. The number of aromatic amines is 2. The van der Waals surface area contributed by atoms with E-state index in [4.69, 9.17) is 0 Å². The lowest BCUT2D eigenvalue weighted by atomic mass is 10.5. The monoisotopic (exact) mass is 317 g/mol. The molecule has 6 nitrogen and oxygen atoms in total. The number of anilines is 1. The van der Waals surface area contributed by atoms with E-state index in [0.29, 0.717) is 15.9 Å². The lowest BCUT2D eigenvalue weighted by Gasteiger charge is -2.03. The zero-order chi connectivity index (χ0) is 10.7. The van der Waals surface area contributed by atoms with Gasteiger partial charge in [0.05, 0.1) is 12.9 Å². The van der Waals surface area contributed by atoms with Crippen LogP contribution in [0.1, 0.15) is 5.82 Å². The first-order valence-electron chi connectivity index (χ1n) is 4.22. The molecule has 0 aromatic carbocycles. The average Bonchev–Trinajstić information content (AvgIpc) is 2.73. The molecule has 2 heterocycles. The molecule has 78 valence electrons. The minimum Gasteiger partial charge on any atom is -0.362 e. The summed E-state index contributed by atoms with van der Waals surface area (Å²) in [7, 11) is 0. The van der Waals surface area contributed by atoms with Gasteiger partial charge in [-0.25, -0.2) is 9.97 Å². The Balaban J connectivity index is 2.12. The molecule has 0 bridgehead atoms. The van der Waals surface area contributed by atoms with Crippen LogP contribution in [0.2, 0.25) is 0 Å². The molecule has 0 amide bonds. The summed E-state index contributed by atoms with van der Waals surface area (Å²) in [5.74, 6) is 1.36. The molecule has 0 saturated carbocycles. The van der Waals surface area contributed by atoms with Crippen molar-refractivity contribution >= 4 is 28.4 Å². The van der Waals surface area contributed by atoms with Crippen molar-refractivity contribution in [3.8, 4) is 0 Å². The molecule has 15 heavy (non-hydrogen) atoms. The van der Waals surface area contributed by atoms with Gasteiger partial charge in [0.1, 0.15) is 15.2 Å². The van der Waals surface area contributed by atoms with Crippen LogP contribution in [-0.4, -0.2) is 19.9 Å². The van der Waals surface area contributed by atoms with Crippen molar-refractivity contribution < 1.29 is 0 Å². The molecule has 3 N–H and O–H groups in total. The smallest absolute Gasteiger partial charge is 0.266 e. The first-order chi connectivity index (χ1) is 7.27. The van der Waals surface area contributed by atoms with Gasteiger partial charge in [-0.1, -0.05) is 0 Å². The molecule has 0 unspecified atom stereocenters. The van der Waals surface area contributed by atoms with E-state index in [2.05, 4.69) is 25.3 Å². The van der Waals surface area contributed by atoms with Crippen LogP contribution >= 0.6 is 22.6 Å². The van der Waals surface area contributed by atoms with Gasteiger partial charge < -0.3 is 15.3 Å². The van der Waals surface area contributed by atoms with E-state index < -0.39 is 0 Å². The van der Waals surface area contributed by atoms with E-state index in [0.717, 1.165) is 5.82 Å². The number of halogens is 1. The summed E-state index contributed by atoms with van der Waals surface area (Å²) in [5.41, 5.74) is -0.146. The zero-order valence-electron chi connectivity index (χ0n) is 7.62. The third kappa shape index (κ3) is 2.35. The highest BCUT2D eigenvalue weighted by Gasteiger charge is 2.04. The summed E-state index contributed by atoms with van der Waals surface area (Å²) in [6.45, 7) is 0.513. The fourth-order valence-corrected chi connectivity index (χ4v) is 1.55. The van der Waals surface area contributed by atoms with Crippen LogP contribution in [0.4, 0.5) is 5.82 Å². The summed E-state index contributed by atoms with van der Waals surface area (Å²) in [5, 5.41) is 3.02. The van der Waals surface area contributed by atoms with Crippen molar-refractivity contribution in [2.75, 3.05) is 5.32 Å². The average molecular weight is 317 g/mol. The standard InChI is InChI=1S/C8H8IN5O/c9-6-7(13-4-14-8(6)15)12-3-5-10-1-2-11-5/h1-2,4H,3H2,(H,10,11)(H2,12,13,14,15). The molecule has 0 radical (unpaired) electrons. The second-order valence-corrected chi connectivity index (χ2v) is 3.86. The fourth-order valence-electron chi connectivity index (χ4n) is 1.07. The number of imidazole rings is 1. The minimum absolute atomic E-state index is 0.146. The molecule has 2 aromatic rings. The number of nitrogens with zero attached hydrogens (tertiary/aromatic N) is 2. The molecule has 0 aliphatic heterocycles. The Morgan fingerprint density at radius 1 is 1.40 bits per heavy atom. The first-order valence-corrected chi connectivity index (χ1v) is 5.30. The quantitative estimate of drug-likeness (QED) is 0.728. The van der Waals surface area contributed by atoms with E-state index in [9.17, 15) is 4.79 Å². The molecule has 0 atom stereocenters. The summed E-state index contributed by atoms with van der Waals surface area (Å²) in [6, 6.07) is 0. The molecule has 0 spiro atoms. The molecule has 0 fully saturated rings. The molecule has 2 aromatic heterocycles. The number of nitrogens with one attached hydrogen (secondary N) is 3. The van der Waals surface area contributed by atoms with E-state index in [1.54, 1.807) is 12.4 Å². The summed E-state index contributed by atoms with van der Waals surface area (Å²) < 4.78 is 0.543. The van der Waals surface area contributed by atoms with Crippen molar-refractivity contribution in [3.63, 3.8) is 0 Å². The van der Waals surface area contributed by atoms with Crippen LogP contribution in [0.5, 0.6) is 0 Å². The summed E-state index contributed by atoms with van der Waals surface area (Å²) in [6.07, 6.45) is 4.79. The van der Waals surface area contributed by atoms with Crippen molar-refractivity contribution in [1.29, 1.82) is 0 Å². The highest BCUT2D eigenvalue weighted by molar-refractivity contribution is 14.1. The number of aromatic nitrogens is 4. The number of H-pyrrole nitrogens is 2. The van der Waals surface area contributed by atoms with Gasteiger partial charge in [-0.05, 0) is 22.6 Å². The third-order valence-corrected chi connectivity index (χ3v) is 2.78. The van der Waals surface area contributed by atoms with Crippen LogP contribution in [-0.2, 0) is 6.54 Å². The predicted octanol–water partition coefficient (Wildman–Crippen LogP) is 0.710. The summed E-state index contributed by atoms with van der Waals surface area (Å²) >= 11 is 1.95. The molecule has 7 heteroatoms. The molecule has 0 aliphatic carbocycles. The first kappa shape index (κ1) is 10.1. The van der Waals surface area contributed by atoms with Gasteiger partial charge >= 0.3 is 0 Å². The lowest BCUT2D eigenvalue weighted by molar-refractivity contribution is 0.973. The highest BCUT2D eigenvalue weighted by atomic mass is 127. The Labute approximate surface area is 98.7 Å². The van der Waals surface area contributed by atoms with Gasteiger partial charge in [-0.3, -0.25) is 4.79 Å².